The number of benzene rings is 1. The van der Waals surface area contributed by atoms with E-state index in [1.807, 2.05) is 12.1 Å². The van der Waals surface area contributed by atoms with Gasteiger partial charge in [0.15, 0.2) is 4.93 Å². The molecule has 1 heterocycles. The Hall–Kier alpha value is -1.13. The van der Waals surface area contributed by atoms with Crippen LogP contribution in [0.2, 0.25) is 0 Å². The molecule has 4 heteroatoms. The van der Waals surface area contributed by atoms with Crippen LogP contribution in [0.4, 0.5) is 0 Å². The van der Waals surface area contributed by atoms with E-state index >= 15 is 0 Å². The highest BCUT2D eigenvalue weighted by atomic mass is 32.2. The molecule has 2 atom stereocenters. The maximum atomic E-state index is 13.3. The molecule has 2 unspecified atom stereocenters. The van der Waals surface area contributed by atoms with Gasteiger partial charge in [0.1, 0.15) is 6.10 Å². The minimum absolute atomic E-state index is 0.119. The summed E-state index contributed by atoms with van der Waals surface area (Å²) < 4.78 is 32.6. The van der Waals surface area contributed by atoms with Gasteiger partial charge in [-0.3, -0.25) is 0 Å². The lowest BCUT2D eigenvalue weighted by molar-refractivity contribution is 0.257. The molecule has 0 amide bonds. The van der Waals surface area contributed by atoms with Crippen LogP contribution in [0.5, 0.6) is 0 Å². The Kier molecular flexibility index (Phi) is 5.46. The summed E-state index contributed by atoms with van der Waals surface area (Å²) in [5.41, 5.74) is 0. The number of unbranched alkanes of at least 4 members (excludes halogenated alkanes) is 2. The highest BCUT2D eigenvalue weighted by molar-refractivity contribution is 7.93. The van der Waals surface area contributed by atoms with Gasteiger partial charge in [0.25, 0.3) is 0 Å². The monoisotopic (exact) mass is 348 g/mol. The molecule has 132 valence electrons. The average molecular weight is 349 g/mol. The van der Waals surface area contributed by atoms with Crippen molar-refractivity contribution in [2.24, 2.45) is 5.92 Å². The van der Waals surface area contributed by atoms with Gasteiger partial charge in [0, 0.05) is 0 Å². The first-order valence-corrected chi connectivity index (χ1v) is 10.7. The van der Waals surface area contributed by atoms with E-state index in [4.69, 9.17) is 4.74 Å². The molecule has 0 bridgehead atoms. The fourth-order valence-electron chi connectivity index (χ4n) is 4.08. The molecule has 2 aliphatic rings. The summed E-state index contributed by atoms with van der Waals surface area (Å²) in [5, 5.41) is 0. The van der Waals surface area contributed by atoms with Crippen LogP contribution in [0.25, 0.3) is 0 Å². The second-order valence-corrected chi connectivity index (χ2v) is 9.27. The fourth-order valence-corrected chi connectivity index (χ4v) is 6.14. The fraction of sp³-hybridized carbons (Fsp3) is 0.600. The lowest BCUT2D eigenvalue weighted by atomic mass is 9.85. The van der Waals surface area contributed by atoms with Crippen LogP contribution in [0.1, 0.15) is 57.8 Å². The molecule has 1 aromatic rings. The van der Waals surface area contributed by atoms with Crippen LogP contribution in [0.3, 0.4) is 0 Å². The van der Waals surface area contributed by atoms with E-state index < -0.39 is 14.8 Å². The van der Waals surface area contributed by atoms with E-state index in [2.05, 4.69) is 6.58 Å². The van der Waals surface area contributed by atoms with Gasteiger partial charge in [-0.05, 0) is 56.6 Å². The van der Waals surface area contributed by atoms with E-state index in [0.29, 0.717) is 17.2 Å². The summed E-state index contributed by atoms with van der Waals surface area (Å²) in [5.74, 6) is 0.400. The Morgan fingerprint density at radius 3 is 2.50 bits per heavy atom. The molecule has 24 heavy (non-hydrogen) atoms. The van der Waals surface area contributed by atoms with Gasteiger partial charge >= 0.3 is 0 Å². The van der Waals surface area contributed by atoms with Crippen molar-refractivity contribution in [2.75, 3.05) is 0 Å². The first-order chi connectivity index (χ1) is 11.6. The Morgan fingerprint density at radius 2 is 1.83 bits per heavy atom. The van der Waals surface area contributed by atoms with E-state index in [1.54, 1.807) is 24.3 Å². The number of rotatable bonds is 8. The molecular formula is C20H28O3S. The highest BCUT2D eigenvalue weighted by Crippen LogP contribution is 2.54. The van der Waals surface area contributed by atoms with Gasteiger partial charge in [0.2, 0.25) is 9.84 Å². The molecule has 0 spiro atoms. The normalized spacial score (nSPS) is 27.8. The number of hydrogen-bond donors (Lipinski definition) is 0. The van der Waals surface area contributed by atoms with Crippen molar-refractivity contribution in [3.63, 3.8) is 0 Å². The van der Waals surface area contributed by atoms with Crippen molar-refractivity contribution >= 4 is 9.84 Å². The summed E-state index contributed by atoms with van der Waals surface area (Å²) in [7, 11) is -3.46. The Balaban J connectivity index is 1.82. The van der Waals surface area contributed by atoms with E-state index in [-0.39, 0.29) is 6.10 Å². The van der Waals surface area contributed by atoms with Gasteiger partial charge in [-0.2, -0.15) is 0 Å². The van der Waals surface area contributed by atoms with E-state index in [9.17, 15) is 8.42 Å². The van der Waals surface area contributed by atoms with Crippen LogP contribution in [-0.2, 0) is 14.6 Å². The zero-order chi connectivity index (χ0) is 17.0. The summed E-state index contributed by atoms with van der Waals surface area (Å²) in [4.78, 5) is -0.593. The molecule has 1 saturated heterocycles. The first kappa shape index (κ1) is 17.7. The number of ether oxygens (including phenoxy) is 1. The third-order valence-electron chi connectivity index (χ3n) is 5.47. The van der Waals surface area contributed by atoms with E-state index in [1.165, 1.54) is 19.3 Å². The second kappa shape index (κ2) is 7.40. The maximum absolute atomic E-state index is 13.3. The second-order valence-electron chi connectivity index (χ2n) is 7.10. The van der Waals surface area contributed by atoms with Gasteiger partial charge in [0.05, 0.1) is 4.90 Å². The maximum Gasteiger partial charge on any atom is 0.210 e. The molecule has 0 aromatic heterocycles. The van der Waals surface area contributed by atoms with Crippen molar-refractivity contribution in [1.29, 1.82) is 0 Å². The molecule has 3 nitrogen and oxygen atoms in total. The molecule has 3 rings (SSSR count). The van der Waals surface area contributed by atoms with Crippen molar-refractivity contribution in [2.45, 2.75) is 73.7 Å². The summed E-state index contributed by atoms with van der Waals surface area (Å²) in [6, 6.07) is 8.82. The number of allylic oxidation sites excluding steroid dienone is 1. The first-order valence-electron chi connectivity index (χ1n) is 9.20. The zero-order valence-electron chi connectivity index (χ0n) is 14.3. The average Bonchev–Trinajstić information content (AvgIpc) is 3.37. The largest absolute Gasteiger partial charge is 0.348 e. The highest BCUT2D eigenvalue weighted by Gasteiger charge is 2.67. The Bertz CT molecular complexity index is 647. The van der Waals surface area contributed by atoms with Crippen LogP contribution in [-0.4, -0.2) is 19.5 Å². The molecule has 1 saturated carbocycles. The number of sulfone groups is 1. The molecule has 2 fully saturated rings. The SMILES string of the molecule is C=CCCCCC1(S(=O)(=O)c2ccccc2)OC1C1CCCCC1. The molecular weight excluding hydrogens is 320 g/mol. The summed E-state index contributed by atoms with van der Waals surface area (Å²) in [6.45, 7) is 3.75. The van der Waals surface area contributed by atoms with Crippen LogP contribution in [0, 0.1) is 5.92 Å². The number of epoxide rings is 1. The predicted molar refractivity (Wildman–Crippen MR) is 96.5 cm³/mol. The zero-order valence-corrected chi connectivity index (χ0v) is 15.1. The van der Waals surface area contributed by atoms with Gasteiger partial charge in [-0.1, -0.05) is 43.5 Å². The van der Waals surface area contributed by atoms with Crippen molar-refractivity contribution in [1.82, 2.24) is 0 Å². The van der Waals surface area contributed by atoms with E-state index in [0.717, 1.165) is 32.1 Å². The van der Waals surface area contributed by atoms with Crippen LogP contribution in [0.15, 0.2) is 47.9 Å². The van der Waals surface area contributed by atoms with Crippen molar-refractivity contribution in [3.8, 4) is 0 Å². The minimum atomic E-state index is -3.46. The standard InChI is InChI=1S/C20H28O3S/c1-2-3-4-11-16-20(19(23-20)17-12-7-5-8-13-17)24(21,22)18-14-9-6-10-15-18/h2,6,9-10,14-15,17,19H,1,3-5,7-8,11-13,16H2. The summed E-state index contributed by atoms with van der Waals surface area (Å²) in [6.07, 6.45) is 11.0. The molecule has 0 radical (unpaired) electrons. The molecule has 1 aliphatic carbocycles. The quantitative estimate of drug-likeness (QED) is 0.382. The lowest BCUT2D eigenvalue weighted by Gasteiger charge is -2.22. The lowest BCUT2D eigenvalue weighted by Crippen LogP contribution is -2.31. The Morgan fingerprint density at radius 1 is 1.12 bits per heavy atom. The topological polar surface area (TPSA) is 46.7 Å². The predicted octanol–water partition coefficient (Wildman–Crippen LogP) is 4.88. The third kappa shape index (κ3) is 3.31. The third-order valence-corrected chi connectivity index (χ3v) is 7.81. The van der Waals surface area contributed by atoms with Crippen molar-refractivity contribution < 1.29 is 13.2 Å². The van der Waals surface area contributed by atoms with Gasteiger partial charge < -0.3 is 4.74 Å². The van der Waals surface area contributed by atoms with Crippen LogP contribution >= 0.6 is 0 Å². The summed E-state index contributed by atoms with van der Waals surface area (Å²) >= 11 is 0. The van der Waals surface area contributed by atoms with Crippen LogP contribution < -0.4 is 0 Å². The molecule has 1 aliphatic heterocycles. The van der Waals surface area contributed by atoms with Gasteiger partial charge in [-0.15, -0.1) is 6.58 Å². The molecule has 0 N–H and O–H groups in total. The van der Waals surface area contributed by atoms with Crippen molar-refractivity contribution in [3.05, 3.63) is 43.0 Å². The van der Waals surface area contributed by atoms with Gasteiger partial charge in [-0.25, -0.2) is 8.42 Å². The smallest absolute Gasteiger partial charge is 0.210 e. The number of hydrogen-bond acceptors (Lipinski definition) is 3. The Labute approximate surface area is 146 Å². The molecule has 1 aromatic carbocycles. The minimum Gasteiger partial charge on any atom is -0.348 e.